The third-order valence-corrected chi connectivity index (χ3v) is 0.941. The number of hydrogen-bond acceptors (Lipinski definition) is 2. The molecule has 0 aliphatic carbocycles. The Morgan fingerprint density at radius 1 is 1.62 bits per heavy atom. The highest BCUT2D eigenvalue weighted by Gasteiger charge is 2.14. The van der Waals surface area contributed by atoms with Gasteiger partial charge in [0, 0.05) is 6.54 Å². The number of hydrogen-bond donors (Lipinski definition) is 1. The van der Waals surface area contributed by atoms with Crippen LogP contribution in [0.3, 0.4) is 0 Å². The number of rotatable bonds is 3. The molecule has 0 amide bonds. The molecule has 0 aromatic carbocycles. The van der Waals surface area contributed by atoms with Gasteiger partial charge in [-0.15, -0.1) is 0 Å². The molecule has 8 heavy (non-hydrogen) atoms. The van der Waals surface area contributed by atoms with E-state index < -0.39 is 12.4 Å². The van der Waals surface area contributed by atoms with Gasteiger partial charge in [0.1, 0.15) is 0 Å². The maximum absolute atomic E-state index is 9.83. The molecular weight excluding hydrogens is 106 g/mol. The summed E-state index contributed by atoms with van der Waals surface area (Å²) in [5.41, 5.74) is 4.79. The predicted octanol–water partition coefficient (Wildman–Crippen LogP) is 0.128. The predicted molar refractivity (Wildman–Crippen MR) is 29.8 cm³/mol. The van der Waals surface area contributed by atoms with Crippen molar-refractivity contribution in [2.75, 3.05) is 13.3 Å². The van der Waals surface area contributed by atoms with Crippen LogP contribution in [0.25, 0.3) is 0 Å². The normalized spacial score (nSPS) is 12.0. The van der Waals surface area contributed by atoms with E-state index in [1.807, 2.05) is 0 Å². The molecule has 1 radical (unpaired) electrons. The first-order valence-corrected chi connectivity index (χ1v) is 2.54. The Balaban J connectivity index is 3.37. The minimum atomic E-state index is -0.510. The molecule has 0 fully saturated rings. The highest BCUT2D eigenvalue weighted by Crippen LogP contribution is 2.03. The molecule has 0 saturated carbocycles. The van der Waals surface area contributed by atoms with Gasteiger partial charge in [0.05, 0.1) is 5.60 Å². The molecule has 0 heterocycles. The quantitative estimate of drug-likeness (QED) is 0.535. The maximum Gasteiger partial charge on any atom is 0.181 e. The van der Waals surface area contributed by atoms with Gasteiger partial charge in [-0.1, -0.05) is 0 Å². The summed E-state index contributed by atoms with van der Waals surface area (Å²) in [5, 5.41) is 9.83. The highest BCUT2D eigenvalue weighted by molar-refractivity contribution is 4.67. The van der Waals surface area contributed by atoms with Gasteiger partial charge in [0.15, 0.2) is 6.79 Å². The van der Waals surface area contributed by atoms with E-state index in [-0.39, 0.29) is 0 Å². The van der Waals surface area contributed by atoms with Crippen molar-refractivity contribution in [3.05, 3.63) is 0 Å². The van der Waals surface area contributed by atoms with Crippen LogP contribution in [0.5, 0.6) is 0 Å². The van der Waals surface area contributed by atoms with Crippen molar-refractivity contribution in [1.82, 2.24) is 0 Å². The van der Waals surface area contributed by atoms with Gasteiger partial charge in [-0.2, -0.15) is 0 Å². The lowest BCUT2D eigenvalue weighted by Gasteiger charge is -2.20. The summed E-state index contributed by atoms with van der Waals surface area (Å²) in [6, 6.07) is 0. The van der Waals surface area contributed by atoms with E-state index in [1.165, 1.54) is 0 Å². The lowest BCUT2D eigenvalue weighted by Crippen LogP contribution is -2.34. The van der Waals surface area contributed by atoms with Crippen molar-refractivity contribution in [2.24, 2.45) is 5.73 Å². The van der Waals surface area contributed by atoms with Crippen LogP contribution < -0.4 is 5.73 Å². The lowest BCUT2D eigenvalue weighted by molar-refractivity contribution is -0.120. The summed E-state index contributed by atoms with van der Waals surface area (Å²) >= 11 is 0. The fraction of sp³-hybridized carbons (Fsp3) is 1.00. The van der Waals surface area contributed by atoms with Crippen molar-refractivity contribution in [3.63, 3.8) is 0 Å². The molecule has 3 heteroatoms. The summed E-state index contributed by atoms with van der Waals surface area (Å²) in [5.74, 6) is 0. The maximum atomic E-state index is 9.83. The van der Waals surface area contributed by atoms with Crippen LogP contribution in [-0.4, -0.2) is 18.9 Å². The molecule has 0 spiro atoms. The van der Waals surface area contributed by atoms with Crippen molar-refractivity contribution >= 4 is 0 Å². The van der Waals surface area contributed by atoms with Crippen LogP contribution in [0.2, 0.25) is 0 Å². The molecular formula is C5H12NO2. The topological polar surface area (TPSA) is 55.1 Å². The lowest BCUT2D eigenvalue weighted by atomic mass is 10.1. The molecule has 3 nitrogen and oxygen atoms in total. The van der Waals surface area contributed by atoms with Gasteiger partial charge in [-0.25, -0.2) is 5.11 Å². The van der Waals surface area contributed by atoms with Crippen LogP contribution in [0.1, 0.15) is 13.8 Å². The van der Waals surface area contributed by atoms with Gasteiger partial charge < -0.3 is 10.5 Å². The Morgan fingerprint density at radius 2 is 2.12 bits per heavy atom. The van der Waals surface area contributed by atoms with Crippen molar-refractivity contribution in [2.45, 2.75) is 19.4 Å². The first-order valence-electron chi connectivity index (χ1n) is 2.54. The molecule has 0 bridgehead atoms. The standard InChI is InChI=1S/C5H12NO2/c1-5(2,3-6)8-4-7/h3-4,6H2,1-2H3. The monoisotopic (exact) mass is 118 g/mol. The van der Waals surface area contributed by atoms with Crippen molar-refractivity contribution in [1.29, 1.82) is 0 Å². The summed E-state index contributed by atoms with van der Waals surface area (Å²) in [7, 11) is 0. The zero-order valence-corrected chi connectivity index (χ0v) is 5.31. The number of nitrogens with two attached hydrogens (primary N) is 1. The second-order valence-corrected chi connectivity index (χ2v) is 2.23. The highest BCUT2D eigenvalue weighted by atomic mass is 16.6. The third-order valence-electron chi connectivity index (χ3n) is 0.941. The largest absolute Gasteiger partial charge is 0.345 e. The zero-order chi connectivity index (χ0) is 6.62. The number of ether oxygens (including phenoxy) is 1. The Kier molecular flexibility index (Phi) is 2.97. The first kappa shape index (κ1) is 7.88. The molecule has 0 saturated heterocycles. The zero-order valence-electron chi connectivity index (χ0n) is 5.31. The second kappa shape index (κ2) is 3.02. The molecule has 0 rings (SSSR count). The van der Waals surface area contributed by atoms with Crippen LogP contribution in [-0.2, 0) is 9.84 Å². The average Bonchev–Trinajstić information content (AvgIpc) is 1.67. The minimum absolute atomic E-state index is 0.384. The average molecular weight is 118 g/mol. The molecule has 0 aliphatic rings. The third kappa shape index (κ3) is 2.96. The minimum Gasteiger partial charge on any atom is -0.345 e. The molecule has 0 atom stereocenters. The van der Waals surface area contributed by atoms with E-state index in [2.05, 4.69) is 0 Å². The van der Waals surface area contributed by atoms with E-state index in [4.69, 9.17) is 10.5 Å². The van der Waals surface area contributed by atoms with Gasteiger partial charge >= 0.3 is 0 Å². The molecule has 0 aromatic rings. The summed E-state index contributed by atoms with van der Waals surface area (Å²) in [6.45, 7) is 3.44. The van der Waals surface area contributed by atoms with Gasteiger partial charge in [0.25, 0.3) is 0 Å². The summed E-state index contributed by atoms with van der Waals surface area (Å²) in [4.78, 5) is 0. The van der Waals surface area contributed by atoms with Crippen LogP contribution >= 0.6 is 0 Å². The van der Waals surface area contributed by atoms with Gasteiger partial charge in [-0.05, 0) is 13.8 Å². The summed E-state index contributed by atoms with van der Waals surface area (Å²) < 4.78 is 4.70. The summed E-state index contributed by atoms with van der Waals surface area (Å²) in [6.07, 6.45) is 0. The van der Waals surface area contributed by atoms with E-state index in [9.17, 15) is 5.11 Å². The van der Waals surface area contributed by atoms with Crippen LogP contribution in [0, 0.1) is 0 Å². The second-order valence-electron chi connectivity index (χ2n) is 2.23. The Hall–Kier alpha value is -0.120. The van der Waals surface area contributed by atoms with E-state index in [1.54, 1.807) is 13.8 Å². The van der Waals surface area contributed by atoms with Gasteiger partial charge in [-0.3, -0.25) is 0 Å². The fourth-order valence-corrected chi connectivity index (χ4v) is 0.218. The molecule has 49 valence electrons. The van der Waals surface area contributed by atoms with Crippen LogP contribution in [0.15, 0.2) is 0 Å². The Labute approximate surface area is 49.4 Å². The van der Waals surface area contributed by atoms with Crippen molar-refractivity contribution in [3.8, 4) is 0 Å². The fourth-order valence-electron chi connectivity index (χ4n) is 0.218. The van der Waals surface area contributed by atoms with E-state index in [0.717, 1.165) is 0 Å². The molecule has 0 aliphatic heterocycles. The SMILES string of the molecule is CC(C)(CN)OC[O]. The molecule has 2 N–H and O–H groups in total. The van der Waals surface area contributed by atoms with E-state index >= 15 is 0 Å². The van der Waals surface area contributed by atoms with E-state index in [0.29, 0.717) is 6.54 Å². The van der Waals surface area contributed by atoms with Crippen LogP contribution in [0.4, 0.5) is 0 Å². The smallest absolute Gasteiger partial charge is 0.181 e. The molecule has 0 aromatic heterocycles. The van der Waals surface area contributed by atoms with Crippen molar-refractivity contribution < 1.29 is 9.84 Å². The Bertz CT molecular complexity index is 63.4. The van der Waals surface area contributed by atoms with Gasteiger partial charge in [0.2, 0.25) is 0 Å². The molecule has 0 unspecified atom stereocenters. The Morgan fingerprint density at radius 3 is 2.25 bits per heavy atom. The first-order chi connectivity index (χ1) is 3.62.